The van der Waals surface area contributed by atoms with Gasteiger partial charge in [0, 0.05) is 11.1 Å². The topological polar surface area (TPSA) is 51.0 Å². The number of hydrogen-bond acceptors (Lipinski definition) is 4. The molecular formula is C15H21NO3. The molecule has 0 aromatic heterocycles. The first-order valence-corrected chi connectivity index (χ1v) is 6.80. The predicted molar refractivity (Wildman–Crippen MR) is 74.3 cm³/mol. The molecule has 0 bridgehead atoms. The number of rotatable bonds is 5. The van der Waals surface area contributed by atoms with Crippen LogP contribution in [0.2, 0.25) is 0 Å². The average Bonchev–Trinajstić information content (AvgIpc) is 2.42. The molecule has 1 aromatic carbocycles. The van der Waals surface area contributed by atoms with Gasteiger partial charge < -0.3 is 14.7 Å². The summed E-state index contributed by atoms with van der Waals surface area (Å²) in [4.78, 5) is 0. The molecule has 1 N–H and O–H groups in total. The van der Waals surface area contributed by atoms with E-state index in [1.807, 2.05) is 32.0 Å². The van der Waals surface area contributed by atoms with E-state index in [-0.39, 0.29) is 6.10 Å². The van der Waals surface area contributed by atoms with Crippen molar-refractivity contribution in [2.45, 2.75) is 39.2 Å². The first kappa shape index (κ1) is 13.9. The second-order valence-corrected chi connectivity index (χ2v) is 4.95. The summed E-state index contributed by atoms with van der Waals surface area (Å²) in [5, 5.41) is 12.4. The van der Waals surface area contributed by atoms with Gasteiger partial charge in [-0.2, -0.15) is 0 Å². The van der Waals surface area contributed by atoms with Crippen LogP contribution in [0.15, 0.2) is 23.4 Å². The summed E-state index contributed by atoms with van der Waals surface area (Å²) >= 11 is 0. The van der Waals surface area contributed by atoms with Crippen LogP contribution in [0.5, 0.6) is 5.75 Å². The highest BCUT2D eigenvalue weighted by molar-refractivity contribution is 6.02. The number of benzene rings is 1. The fraction of sp³-hybridized carbons (Fsp3) is 0.533. The van der Waals surface area contributed by atoms with E-state index in [9.17, 15) is 0 Å². The van der Waals surface area contributed by atoms with Crippen molar-refractivity contribution in [3.05, 3.63) is 29.3 Å². The maximum absolute atomic E-state index is 9.03. The first-order chi connectivity index (χ1) is 9.22. The zero-order valence-corrected chi connectivity index (χ0v) is 11.6. The number of fused-ring (bicyclic) bond motifs is 1. The zero-order valence-electron chi connectivity index (χ0n) is 11.6. The Balaban J connectivity index is 2.06. The van der Waals surface area contributed by atoms with Crippen LogP contribution in [0, 0.1) is 0 Å². The van der Waals surface area contributed by atoms with Gasteiger partial charge in [-0.1, -0.05) is 17.3 Å². The van der Waals surface area contributed by atoms with Crippen LogP contribution >= 0.6 is 0 Å². The standard InChI is InChI=1S/C15H21NO3/c1-11(2)18-9-10-19-15-8-4-5-12-13(15)6-3-7-14(12)16-17/h4-5,8,11,17H,3,6-7,9-10H2,1-2H3. The Kier molecular flexibility index (Phi) is 4.80. The molecule has 4 heteroatoms. The lowest BCUT2D eigenvalue weighted by Crippen LogP contribution is -2.15. The van der Waals surface area contributed by atoms with Crippen LogP contribution in [0.1, 0.15) is 37.8 Å². The molecule has 1 aliphatic carbocycles. The van der Waals surface area contributed by atoms with Crippen LogP contribution in [-0.4, -0.2) is 30.2 Å². The lowest BCUT2D eigenvalue weighted by atomic mass is 9.89. The summed E-state index contributed by atoms with van der Waals surface area (Å²) in [6, 6.07) is 5.89. The Morgan fingerprint density at radius 1 is 1.26 bits per heavy atom. The normalized spacial score (nSPS) is 16.7. The van der Waals surface area contributed by atoms with Crippen molar-refractivity contribution in [1.29, 1.82) is 0 Å². The molecule has 0 amide bonds. The monoisotopic (exact) mass is 263 g/mol. The Hall–Kier alpha value is -1.55. The third-order valence-corrected chi connectivity index (χ3v) is 3.20. The van der Waals surface area contributed by atoms with Crippen LogP contribution in [0.4, 0.5) is 0 Å². The van der Waals surface area contributed by atoms with Crippen molar-refractivity contribution in [2.24, 2.45) is 5.16 Å². The highest BCUT2D eigenvalue weighted by Gasteiger charge is 2.19. The summed E-state index contributed by atoms with van der Waals surface area (Å²) in [6.45, 7) is 5.14. The SMILES string of the molecule is CC(C)OCCOc1cccc2c1CCCC2=NO. The lowest BCUT2D eigenvalue weighted by Gasteiger charge is -2.20. The molecule has 0 spiro atoms. The van der Waals surface area contributed by atoms with Gasteiger partial charge in [0.05, 0.1) is 18.4 Å². The van der Waals surface area contributed by atoms with Crippen LogP contribution in [-0.2, 0) is 11.2 Å². The summed E-state index contributed by atoms with van der Waals surface area (Å²) < 4.78 is 11.2. The Morgan fingerprint density at radius 3 is 2.84 bits per heavy atom. The second-order valence-electron chi connectivity index (χ2n) is 4.95. The Labute approximate surface area is 114 Å². The largest absolute Gasteiger partial charge is 0.491 e. The van der Waals surface area contributed by atoms with Gasteiger partial charge in [-0.05, 0) is 39.2 Å². The predicted octanol–water partition coefficient (Wildman–Crippen LogP) is 3.01. The van der Waals surface area contributed by atoms with Gasteiger partial charge in [0.15, 0.2) is 0 Å². The van der Waals surface area contributed by atoms with Crippen molar-refractivity contribution in [1.82, 2.24) is 0 Å². The summed E-state index contributed by atoms with van der Waals surface area (Å²) in [6.07, 6.45) is 3.01. The van der Waals surface area contributed by atoms with Gasteiger partial charge in [0.25, 0.3) is 0 Å². The Bertz CT molecular complexity index is 455. The van der Waals surface area contributed by atoms with E-state index in [2.05, 4.69) is 5.16 Å². The minimum absolute atomic E-state index is 0.224. The summed E-state index contributed by atoms with van der Waals surface area (Å²) in [5.74, 6) is 0.880. The van der Waals surface area contributed by atoms with E-state index >= 15 is 0 Å². The van der Waals surface area contributed by atoms with E-state index < -0.39 is 0 Å². The van der Waals surface area contributed by atoms with Crippen molar-refractivity contribution in [2.75, 3.05) is 13.2 Å². The van der Waals surface area contributed by atoms with E-state index in [0.29, 0.717) is 13.2 Å². The highest BCUT2D eigenvalue weighted by Crippen LogP contribution is 2.29. The van der Waals surface area contributed by atoms with Crippen molar-refractivity contribution < 1.29 is 14.7 Å². The number of nitrogens with zero attached hydrogens (tertiary/aromatic N) is 1. The van der Waals surface area contributed by atoms with Gasteiger partial charge in [-0.25, -0.2) is 0 Å². The van der Waals surface area contributed by atoms with Crippen molar-refractivity contribution >= 4 is 5.71 Å². The first-order valence-electron chi connectivity index (χ1n) is 6.80. The molecule has 0 saturated carbocycles. The number of ether oxygens (including phenoxy) is 2. The molecule has 19 heavy (non-hydrogen) atoms. The van der Waals surface area contributed by atoms with E-state index in [1.54, 1.807) is 0 Å². The molecule has 0 heterocycles. The molecule has 0 saturated heterocycles. The lowest BCUT2D eigenvalue weighted by molar-refractivity contribution is 0.0550. The molecule has 0 radical (unpaired) electrons. The van der Waals surface area contributed by atoms with Gasteiger partial charge in [-0.15, -0.1) is 0 Å². The number of oxime groups is 1. The molecule has 0 fully saturated rings. The minimum atomic E-state index is 0.224. The molecule has 1 aromatic rings. The summed E-state index contributed by atoms with van der Waals surface area (Å²) in [5.41, 5.74) is 2.91. The maximum atomic E-state index is 9.03. The minimum Gasteiger partial charge on any atom is -0.491 e. The fourth-order valence-electron chi connectivity index (χ4n) is 2.34. The zero-order chi connectivity index (χ0) is 13.7. The molecule has 0 atom stereocenters. The molecule has 4 nitrogen and oxygen atoms in total. The van der Waals surface area contributed by atoms with Crippen LogP contribution in [0.25, 0.3) is 0 Å². The molecule has 104 valence electrons. The van der Waals surface area contributed by atoms with Gasteiger partial charge >= 0.3 is 0 Å². The molecule has 2 rings (SSSR count). The summed E-state index contributed by atoms with van der Waals surface area (Å²) in [7, 11) is 0. The molecular weight excluding hydrogens is 242 g/mol. The van der Waals surface area contributed by atoms with Crippen LogP contribution < -0.4 is 4.74 Å². The van der Waals surface area contributed by atoms with E-state index in [1.165, 1.54) is 0 Å². The van der Waals surface area contributed by atoms with Gasteiger partial charge in [-0.3, -0.25) is 0 Å². The number of hydrogen-bond donors (Lipinski definition) is 1. The van der Waals surface area contributed by atoms with Crippen LogP contribution in [0.3, 0.4) is 0 Å². The Morgan fingerprint density at radius 2 is 2.11 bits per heavy atom. The maximum Gasteiger partial charge on any atom is 0.123 e. The second kappa shape index (κ2) is 6.57. The molecule has 1 aliphatic rings. The fourth-order valence-corrected chi connectivity index (χ4v) is 2.34. The molecule has 0 aliphatic heterocycles. The average molecular weight is 263 g/mol. The van der Waals surface area contributed by atoms with Gasteiger partial charge in [0.2, 0.25) is 0 Å². The quantitative estimate of drug-likeness (QED) is 0.505. The third-order valence-electron chi connectivity index (χ3n) is 3.20. The van der Waals surface area contributed by atoms with E-state index in [4.69, 9.17) is 14.7 Å². The van der Waals surface area contributed by atoms with Crippen molar-refractivity contribution in [3.63, 3.8) is 0 Å². The third kappa shape index (κ3) is 3.47. The smallest absolute Gasteiger partial charge is 0.123 e. The molecule has 0 unspecified atom stereocenters. The highest BCUT2D eigenvalue weighted by atomic mass is 16.5. The van der Waals surface area contributed by atoms with Gasteiger partial charge in [0.1, 0.15) is 12.4 Å². The van der Waals surface area contributed by atoms with Crippen molar-refractivity contribution in [3.8, 4) is 5.75 Å². The van der Waals surface area contributed by atoms with E-state index in [0.717, 1.165) is 41.9 Å².